The van der Waals surface area contributed by atoms with Gasteiger partial charge in [0.15, 0.2) is 0 Å². The number of nitrogens with one attached hydrogen (secondary N) is 3. The number of hydrogen-bond acceptors (Lipinski definition) is 5. The van der Waals surface area contributed by atoms with Crippen molar-refractivity contribution in [2.45, 2.75) is 18.6 Å². The Hall–Kier alpha value is -3.69. The van der Waals surface area contributed by atoms with Crippen LogP contribution >= 0.6 is 11.3 Å². The van der Waals surface area contributed by atoms with E-state index in [4.69, 9.17) is 0 Å². The van der Waals surface area contributed by atoms with Crippen LogP contribution in [0.4, 0.5) is 11.4 Å². The van der Waals surface area contributed by atoms with Gasteiger partial charge in [-0.15, -0.1) is 0 Å². The molecule has 0 fully saturated rings. The Kier molecular flexibility index (Phi) is 7.24. The van der Waals surface area contributed by atoms with Gasteiger partial charge >= 0.3 is 4.87 Å². The third kappa shape index (κ3) is 6.43. The lowest BCUT2D eigenvalue weighted by molar-refractivity contribution is -0.116. The lowest BCUT2D eigenvalue weighted by atomic mass is 10.1. The van der Waals surface area contributed by atoms with Gasteiger partial charge in [0.05, 0.1) is 22.8 Å². The second kappa shape index (κ2) is 10.5. The van der Waals surface area contributed by atoms with Crippen LogP contribution in [0, 0.1) is 0 Å². The van der Waals surface area contributed by atoms with Crippen molar-refractivity contribution in [3.8, 4) is 11.3 Å². The minimum atomic E-state index is -3.73. The van der Waals surface area contributed by atoms with Crippen molar-refractivity contribution in [1.29, 1.82) is 0 Å². The first-order chi connectivity index (χ1) is 16.4. The number of rotatable bonds is 9. The van der Waals surface area contributed by atoms with Crippen LogP contribution in [0.2, 0.25) is 0 Å². The van der Waals surface area contributed by atoms with E-state index < -0.39 is 10.0 Å². The molecular formula is C25H23N3O4S2. The highest BCUT2D eigenvalue weighted by molar-refractivity contribution is 7.91. The van der Waals surface area contributed by atoms with Gasteiger partial charge in [0.25, 0.3) is 0 Å². The monoisotopic (exact) mass is 493 g/mol. The fourth-order valence-corrected chi connectivity index (χ4v) is 5.24. The van der Waals surface area contributed by atoms with Crippen molar-refractivity contribution >= 4 is 38.6 Å². The number of carbonyl (C=O) groups is 1. The van der Waals surface area contributed by atoms with Gasteiger partial charge < -0.3 is 10.3 Å². The molecule has 1 aromatic heterocycles. The third-order valence-corrected chi connectivity index (χ3v) is 6.99. The quantitative estimate of drug-likeness (QED) is 0.316. The Morgan fingerprint density at radius 1 is 0.882 bits per heavy atom. The Morgan fingerprint density at radius 2 is 1.56 bits per heavy atom. The van der Waals surface area contributed by atoms with Crippen molar-refractivity contribution < 1.29 is 13.2 Å². The first-order valence-corrected chi connectivity index (χ1v) is 13.1. The second-order valence-electron chi connectivity index (χ2n) is 7.70. The first-order valence-electron chi connectivity index (χ1n) is 10.6. The lowest BCUT2D eigenvalue weighted by Crippen LogP contribution is -2.18. The van der Waals surface area contributed by atoms with Crippen molar-refractivity contribution in [2.24, 2.45) is 0 Å². The number of amides is 1. The maximum atomic E-state index is 12.8. The van der Waals surface area contributed by atoms with Gasteiger partial charge in [0, 0.05) is 17.4 Å². The maximum Gasteiger partial charge on any atom is 0.304 e. The number of aromatic amines is 1. The molecule has 0 atom stereocenters. The molecule has 0 bridgehead atoms. The predicted octanol–water partition coefficient (Wildman–Crippen LogP) is 4.62. The van der Waals surface area contributed by atoms with Gasteiger partial charge in [0.1, 0.15) is 0 Å². The van der Waals surface area contributed by atoms with Crippen LogP contribution in [0.3, 0.4) is 0 Å². The Bertz CT molecular complexity index is 1430. The van der Waals surface area contributed by atoms with E-state index >= 15 is 0 Å². The molecule has 3 N–H and O–H groups in total. The fraction of sp³-hybridized carbons (Fsp3) is 0.120. The molecule has 7 nitrogen and oxygen atoms in total. The third-order valence-electron chi connectivity index (χ3n) is 5.07. The summed E-state index contributed by atoms with van der Waals surface area (Å²) < 4.78 is 28.2. The summed E-state index contributed by atoms with van der Waals surface area (Å²) in [6, 6.07) is 23.4. The summed E-state index contributed by atoms with van der Waals surface area (Å²) in [7, 11) is -3.73. The number of hydrogen-bond donors (Lipinski definition) is 3. The highest BCUT2D eigenvalue weighted by Crippen LogP contribution is 2.30. The van der Waals surface area contributed by atoms with Gasteiger partial charge in [-0.25, -0.2) is 8.42 Å². The largest absolute Gasteiger partial charge is 0.324 e. The van der Waals surface area contributed by atoms with Crippen LogP contribution < -0.4 is 14.9 Å². The van der Waals surface area contributed by atoms with E-state index in [1.54, 1.807) is 47.8 Å². The molecule has 0 aliphatic carbocycles. The maximum absolute atomic E-state index is 12.8. The number of aryl methyl sites for hydroxylation is 1. The zero-order valence-electron chi connectivity index (χ0n) is 18.2. The molecule has 3 aromatic carbocycles. The van der Waals surface area contributed by atoms with Crippen LogP contribution in [0.15, 0.2) is 89.0 Å². The number of benzene rings is 3. The fourth-order valence-electron chi connectivity index (χ4n) is 3.44. The average Bonchev–Trinajstić information content (AvgIpc) is 3.26. The summed E-state index contributed by atoms with van der Waals surface area (Å²) in [6.07, 6.45) is 0.791. The highest BCUT2D eigenvalue weighted by atomic mass is 32.2. The van der Waals surface area contributed by atoms with Crippen LogP contribution in [0.1, 0.15) is 17.5 Å². The molecular weight excluding hydrogens is 470 g/mol. The minimum Gasteiger partial charge on any atom is -0.324 e. The van der Waals surface area contributed by atoms with Crippen molar-refractivity contribution in [1.82, 2.24) is 4.98 Å². The van der Waals surface area contributed by atoms with E-state index in [9.17, 15) is 18.0 Å². The van der Waals surface area contributed by atoms with Gasteiger partial charge in [0.2, 0.25) is 15.9 Å². The summed E-state index contributed by atoms with van der Waals surface area (Å²) in [6.45, 7) is 0. The molecule has 0 aliphatic heterocycles. The van der Waals surface area contributed by atoms with E-state index in [2.05, 4.69) is 15.0 Å². The van der Waals surface area contributed by atoms with Gasteiger partial charge in [-0.3, -0.25) is 14.3 Å². The molecule has 9 heteroatoms. The zero-order chi connectivity index (χ0) is 24.0. The van der Waals surface area contributed by atoms with Crippen LogP contribution in [-0.2, 0) is 27.0 Å². The van der Waals surface area contributed by atoms with E-state index in [0.717, 1.165) is 16.9 Å². The van der Waals surface area contributed by atoms with Crippen molar-refractivity contribution in [3.05, 3.63) is 105 Å². The predicted molar refractivity (Wildman–Crippen MR) is 136 cm³/mol. The molecule has 0 aliphatic rings. The molecule has 0 saturated heterocycles. The van der Waals surface area contributed by atoms with E-state index in [1.165, 1.54) is 0 Å². The molecule has 34 heavy (non-hydrogen) atoms. The standard InChI is InChI=1S/C25H23N3O4S2/c29-24(14-11-18-7-3-1-4-8-18)26-22-15-20(23-16-33-25(30)27-23)12-13-21(22)28-34(31,32)17-19-9-5-2-6-10-19/h1-10,12-13,15-16,28H,11,14,17H2,(H,26,29)(H,27,30). The Labute approximate surface area is 201 Å². The highest BCUT2D eigenvalue weighted by Gasteiger charge is 2.17. The summed E-state index contributed by atoms with van der Waals surface area (Å²) in [5.74, 6) is -0.446. The summed E-state index contributed by atoms with van der Waals surface area (Å²) in [4.78, 5) is 26.8. The van der Waals surface area contributed by atoms with E-state index in [0.29, 0.717) is 28.9 Å². The van der Waals surface area contributed by atoms with Crippen molar-refractivity contribution in [2.75, 3.05) is 10.0 Å². The lowest BCUT2D eigenvalue weighted by Gasteiger charge is -2.15. The summed E-state index contributed by atoms with van der Waals surface area (Å²) >= 11 is 1.03. The van der Waals surface area contributed by atoms with Crippen LogP contribution in [-0.4, -0.2) is 19.3 Å². The molecule has 4 rings (SSSR count). The van der Waals surface area contributed by atoms with E-state index in [-0.39, 0.29) is 28.6 Å². The molecule has 1 heterocycles. The van der Waals surface area contributed by atoms with Gasteiger partial charge in [-0.2, -0.15) is 0 Å². The number of aromatic nitrogens is 1. The number of sulfonamides is 1. The SMILES string of the molecule is O=C(CCc1ccccc1)Nc1cc(-c2csc(=O)[nH]2)ccc1NS(=O)(=O)Cc1ccccc1. The van der Waals surface area contributed by atoms with Gasteiger partial charge in [-0.1, -0.05) is 78.1 Å². The number of thiazole rings is 1. The first kappa shape index (κ1) is 23.5. The number of anilines is 2. The smallest absolute Gasteiger partial charge is 0.304 e. The Morgan fingerprint density at radius 3 is 2.21 bits per heavy atom. The minimum absolute atomic E-state index is 0.198. The molecule has 0 spiro atoms. The topological polar surface area (TPSA) is 108 Å². The van der Waals surface area contributed by atoms with Crippen LogP contribution in [0.5, 0.6) is 0 Å². The number of H-pyrrole nitrogens is 1. The summed E-state index contributed by atoms with van der Waals surface area (Å²) in [5.41, 5.74) is 3.50. The second-order valence-corrected chi connectivity index (χ2v) is 10.3. The molecule has 4 aromatic rings. The molecule has 174 valence electrons. The molecule has 1 amide bonds. The van der Waals surface area contributed by atoms with E-state index in [1.807, 2.05) is 36.4 Å². The molecule has 0 radical (unpaired) electrons. The zero-order valence-corrected chi connectivity index (χ0v) is 19.8. The van der Waals surface area contributed by atoms with Gasteiger partial charge in [-0.05, 0) is 29.7 Å². The molecule has 0 unspecified atom stereocenters. The van der Waals surface area contributed by atoms with Crippen LogP contribution in [0.25, 0.3) is 11.3 Å². The summed E-state index contributed by atoms with van der Waals surface area (Å²) in [5, 5.41) is 4.51. The normalized spacial score (nSPS) is 11.2. The Balaban J connectivity index is 1.57. The average molecular weight is 494 g/mol. The number of carbonyl (C=O) groups excluding carboxylic acids is 1. The van der Waals surface area contributed by atoms with Crippen molar-refractivity contribution in [3.63, 3.8) is 0 Å². The molecule has 0 saturated carbocycles.